The summed E-state index contributed by atoms with van der Waals surface area (Å²) in [5.41, 5.74) is 2.55. The van der Waals surface area contributed by atoms with Crippen LogP contribution in [0.2, 0.25) is 0 Å². The number of fused-ring (bicyclic) bond motifs is 1. The average Bonchev–Trinajstić information content (AvgIpc) is 3.74. The highest BCUT2D eigenvalue weighted by atomic mass is 19.1. The van der Waals surface area contributed by atoms with E-state index in [0.29, 0.717) is 17.2 Å². The van der Waals surface area contributed by atoms with E-state index in [1.165, 1.54) is 23.8 Å². The van der Waals surface area contributed by atoms with E-state index in [-0.39, 0.29) is 24.7 Å². The summed E-state index contributed by atoms with van der Waals surface area (Å²) in [5, 5.41) is 28.8. The van der Waals surface area contributed by atoms with Crippen molar-refractivity contribution in [2.45, 2.75) is 55.8 Å². The number of para-hydroxylation sites is 1. The van der Waals surface area contributed by atoms with Gasteiger partial charge < -0.3 is 20.6 Å². The maximum absolute atomic E-state index is 15.1. The molecule has 2 aromatic rings. The van der Waals surface area contributed by atoms with E-state index in [1.807, 2.05) is 24.3 Å². The highest BCUT2D eigenvalue weighted by molar-refractivity contribution is 5.99. The quantitative estimate of drug-likeness (QED) is 0.395. The molecular weight excluding hydrogens is 521 g/mol. The number of benzene rings is 2. The van der Waals surface area contributed by atoms with Gasteiger partial charge in [0.1, 0.15) is 11.9 Å². The Labute approximate surface area is 238 Å². The fraction of sp³-hybridized carbons (Fsp3) is 0.344. The maximum atomic E-state index is 15.1. The van der Waals surface area contributed by atoms with Gasteiger partial charge in [-0.05, 0) is 66.3 Å². The molecule has 0 bridgehead atoms. The Morgan fingerprint density at radius 2 is 1.98 bits per heavy atom. The lowest BCUT2D eigenvalue weighted by atomic mass is 9.68. The van der Waals surface area contributed by atoms with Crippen LogP contribution in [-0.2, 0) is 10.3 Å². The van der Waals surface area contributed by atoms with Gasteiger partial charge in [0, 0.05) is 24.2 Å². The Morgan fingerprint density at radius 3 is 2.73 bits per heavy atom. The maximum Gasteiger partial charge on any atom is 0.322 e. The summed E-state index contributed by atoms with van der Waals surface area (Å²) in [5.74, 6) is -0.470. The van der Waals surface area contributed by atoms with Crippen molar-refractivity contribution in [1.82, 2.24) is 10.2 Å². The first kappa shape index (κ1) is 26.9. The minimum atomic E-state index is -0.962. The average molecular weight is 554 g/mol. The van der Waals surface area contributed by atoms with Gasteiger partial charge in [-0.2, -0.15) is 5.26 Å². The van der Waals surface area contributed by atoms with Crippen LogP contribution < -0.4 is 16.0 Å². The van der Waals surface area contributed by atoms with Gasteiger partial charge in [0.25, 0.3) is 0 Å². The van der Waals surface area contributed by atoms with Crippen molar-refractivity contribution in [1.29, 1.82) is 5.26 Å². The van der Waals surface area contributed by atoms with Crippen molar-refractivity contribution in [3.63, 3.8) is 0 Å². The van der Waals surface area contributed by atoms with Gasteiger partial charge in [-0.15, -0.1) is 0 Å². The zero-order chi connectivity index (χ0) is 28.6. The van der Waals surface area contributed by atoms with E-state index >= 15 is 4.39 Å². The number of β-amino-alcohol motifs (C(OH)–C–C–N with tert-alkyl or cyclic N) is 1. The van der Waals surface area contributed by atoms with Gasteiger partial charge in [0.05, 0.1) is 29.4 Å². The number of anilines is 2. The fourth-order valence-electron chi connectivity index (χ4n) is 6.10. The molecule has 0 aromatic heterocycles. The third-order valence-corrected chi connectivity index (χ3v) is 8.47. The third kappa shape index (κ3) is 5.41. The molecule has 41 heavy (non-hydrogen) atoms. The number of aliphatic hydroxyl groups excluding tert-OH is 1. The number of halogens is 1. The van der Waals surface area contributed by atoms with Crippen molar-refractivity contribution in [3.05, 3.63) is 95.4 Å². The first-order valence-corrected chi connectivity index (χ1v) is 14.1. The van der Waals surface area contributed by atoms with Crippen molar-refractivity contribution >= 4 is 23.3 Å². The highest BCUT2D eigenvalue weighted by Gasteiger charge is 2.49. The zero-order valence-electron chi connectivity index (χ0n) is 22.5. The lowest BCUT2D eigenvalue weighted by molar-refractivity contribution is -0.119. The smallest absolute Gasteiger partial charge is 0.322 e. The van der Waals surface area contributed by atoms with E-state index in [1.54, 1.807) is 42.5 Å². The number of carbonyl (C=O) groups excluding carboxylic acids is 2. The number of urea groups is 1. The third-order valence-electron chi connectivity index (χ3n) is 8.47. The SMILES string of the molecule is N#CC1=CC2NC(CCC3CC3)(c3ccc(F)c(NC(=O)[C@H]4C[C@@H](O)CN4C(=O)Nc4ccccc4)c3)C2=CC=C1. The Morgan fingerprint density at radius 1 is 1.17 bits per heavy atom. The van der Waals surface area contributed by atoms with Crippen LogP contribution in [0.25, 0.3) is 0 Å². The number of rotatable bonds is 7. The van der Waals surface area contributed by atoms with Crippen molar-refractivity contribution in [2.75, 3.05) is 17.2 Å². The van der Waals surface area contributed by atoms with Crippen LogP contribution in [0.3, 0.4) is 0 Å². The van der Waals surface area contributed by atoms with Crippen LogP contribution in [0.1, 0.15) is 37.7 Å². The first-order chi connectivity index (χ1) is 19.9. The van der Waals surface area contributed by atoms with Gasteiger partial charge >= 0.3 is 6.03 Å². The molecule has 3 fully saturated rings. The molecule has 210 valence electrons. The van der Waals surface area contributed by atoms with Gasteiger partial charge in [0.15, 0.2) is 0 Å². The second-order valence-corrected chi connectivity index (χ2v) is 11.3. The molecule has 2 unspecified atom stereocenters. The van der Waals surface area contributed by atoms with E-state index in [2.05, 4.69) is 22.0 Å². The van der Waals surface area contributed by atoms with E-state index in [4.69, 9.17) is 0 Å². The van der Waals surface area contributed by atoms with Crippen LogP contribution in [0.4, 0.5) is 20.6 Å². The normalized spacial score (nSPS) is 26.6. The number of hydrogen-bond donors (Lipinski definition) is 4. The summed E-state index contributed by atoms with van der Waals surface area (Å²) >= 11 is 0. The molecule has 4 atom stereocenters. The largest absolute Gasteiger partial charge is 0.391 e. The molecule has 4 aliphatic rings. The molecule has 3 amide bonds. The Balaban J connectivity index is 1.24. The number of nitrogens with zero attached hydrogens (tertiary/aromatic N) is 2. The number of nitrogens with one attached hydrogen (secondary N) is 3. The van der Waals surface area contributed by atoms with Crippen LogP contribution in [0, 0.1) is 23.1 Å². The number of allylic oxidation sites excluding steroid dienone is 4. The highest BCUT2D eigenvalue weighted by Crippen LogP contribution is 2.49. The monoisotopic (exact) mass is 553 g/mol. The summed E-state index contributed by atoms with van der Waals surface area (Å²) in [4.78, 5) is 27.7. The molecule has 2 aliphatic carbocycles. The Bertz CT molecular complexity index is 1490. The summed E-state index contributed by atoms with van der Waals surface area (Å²) in [6.07, 6.45) is 11.0. The Kier molecular flexibility index (Phi) is 7.20. The molecule has 9 heteroatoms. The Hall–Kier alpha value is -4.26. The van der Waals surface area contributed by atoms with Gasteiger partial charge in [0.2, 0.25) is 5.91 Å². The summed E-state index contributed by atoms with van der Waals surface area (Å²) in [6.45, 7) is -0.00522. The second-order valence-electron chi connectivity index (χ2n) is 11.3. The van der Waals surface area contributed by atoms with Gasteiger partial charge in [-0.1, -0.05) is 49.3 Å². The topological polar surface area (TPSA) is 117 Å². The number of aliphatic hydroxyl groups is 1. The number of likely N-dealkylation sites (tertiary alicyclic amines) is 1. The number of nitriles is 1. The van der Waals surface area contributed by atoms with Gasteiger partial charge in [-0.25, -0.2) is 9.18 Å². The summed E-state index contributed by atoms with van der Waals surface area (Å²) in [6, 6.07) is 14.2. The minimum absolute atomic E-state index is 0.00522. The van der Waals surface area contributed by atoms with Crippen LogP contribution in [0.5, 0.6) is 0 Å². The molecule has 2 heterocycles. The molecule has 0 radical (unpaired) electrons. The minimum Gasteiger partial charge on any atom is -0.391 e. The van der Waals surface area contributed by atoms with E-state index in [9.17, 15) is 20.0 Å². The van der Waals surface area contributed by atoms with Gasteiger partial charge in [-0.3, -0.25) is 10.1 Å². The van der Waals surface area contributed by atoms with Crippen molar-refractivity contribution in [3.8, 4) is 6.07 Å². The van der Waals surface area contributed by atoms with E-state index in [0.717, 1.165) is 24.0 Å². The first-order valence-electron chi connectivity index (χ1n) is 14.1. The summed E-state index contributed by atoms with van der Waals surface area (Å²) < 4.78 is 15.1. The standard InChI is InChI=1S/C32H32FN5O3/c33-26-12-11-22(32(14-13-20-9-10-20)25-8-4-5-21(18-34)15-27(25)37-32)16-28(26)36-30(40)29-17-24(39)19-38(29)31(41)35-23-6-2-1-3-7-23/h1-8,11-12,15-16,20,24,27,29,37,39H,9-10,13-14,17,19H2,(H,35,41)(H,36,40)/t24-,27?,29-,32?/m1/s1. The predicted octanol–water partition coefficient (Wildman–Crippen LogP) is 4.73. The predicted molar refractivity (Wildman–Crippen MR) is 153 cm³/mol. The van der Waals surface area contributed by atoms with E-state index < -0.39 is 35.4 Å². The molecule has 2 saturated heterocycles. The molecule has 1 saturated carbocycles. The van der Waals surface area contributed by atoms with Crippen LogP contribution in [0.15, 0.2) is 84.0 Å². The zero-order valence-corrected chi connectivity index (χ0v) is 22.5. The molecule has 6 rings (SSSR count). The summed E-state index contributed by atoms with van der Waals surface area (Å²) in [7, 11) is 0. The molecular formula is C32H32FN5O3. The fourth-order valence-corrected chi connectivity index (χ4v) is 6.10. The lowest BCUT2D eigenvalue weighted by Gasteiger charge is -2.52. The number of hydrogen-bond acceptors (Lipinski definition) is 5. The molecule has 4 N–H and O–H groups in total. The molecule has 2 aromatic carbocycles. The van der Waals surface area contributed by atoms with Crippen LogP contribution >= 0.6 is 0 Å². The number of carbonyl (C=O) groups is 2. The molecule has 0 spiro atoms. The molecule has 2 aliphatic heterocycles. The van der Waals surface area contributed by atoms with Crippen LogP contribution in [-0.4, -0.2) is 46.7 Å². The number of amides is 3. The second kappa shape index (κ2) is 11.0. The molecule has 8 nitrogen and oxygen atoms in total. The lowest BCUT2D eigenvalue weighted by Crippen LogP contribution is -2.62. The van der Waals surface area contributed by atoms with Crippen molar-refractivity contribution in [2.24, 2.45) is 5.92 Å². The van der Waals surface area contributed by atoms with Crippen molar-refractivity contribution < 1.29 is 19.1 Å².